The molecule has 0 spiro atoms. The maximum Gasteiger partial charge on any atom is 0.127 e. The quantitative estimate of drug-likeness (QED) is 0.827. The van der Waals surface area contributed by atoms with Crippen LogP contribution in [0.15, 0.2) is 0 Å². The van der Waals surface area contributed by atoms with E-state index >= 15 is 0 Å². The van der Waals surface area contributed by atoms with Gasteiger partial charge in [0.05, 0.1) is 5.69 Å². The third-order valence-corrected chi connectivity index (χ3v) is 4.87. The van der Waals surface area contributed by atoms with Gasteiger partial charge in [-0.3, -0.25) is 0 Å². The number of nitrogen functional groups attached to an aromatic ring is 1. The Morgan fingerprint density at radius 3 is 2.50 bits per heavy atom. The lowest BCUT2D eigenvalue weighted by atomic mass is 9.81. The largest absolute Gasteiger partial charge is 0.384 e. The van der Waals surface area contributed by atoms with Crippen molar-refractivity contribution in [3.05, 3.63) is 11.5 Å². The number of nitrogens with zero attached hydrogens (tertiary/aromatic N) is 2. The van der Waals surface area contributed by atoms with E-state index < -0.39 is 0 Å². The predicted octanol–water partition coefficient (Wildman–Crippen LogP) is 3.34. The van der Waals surface area contributed by atoms with E-state index in [1.807, 2.05) is 0 Å². The SMILES string of the molecule is CC1CCC(c2nc3n(c2N)CC(C)CC3)CC1. The molecule has 2 heterocycles. The van der Waals surface area contributed by atoms with Gasteiger partial charge in [0.1, 0.15) is 11.6 Å². The maximum atomic E-state index is 6.35. The van der Waals surface area contributed by atoms with Crippen molar-refractivity contribution in [1.29, 1.82) is 0 Å². The van der Waals surface area contributed by atoms with Gasteiger partial charge in [-0.1, -0.05) is 26.7 Å². The van der Waals surface area contributed by atoms with Crippen LogP contribution in [-0.2, 0) is 13.0 Å². The molecule has 1 saturated carbocycles. The van der Waals surface area contributed by atoms with Crippen LogP contribution < -0.4 is 5.73 Å². The fourth-order valence-corrected chi connectivity index (χ4v) is 3.54. The Kier molecular flexibility index (Phi) is 3.08. The summed E-state index contributed by atoms with van der Waals surface area (Å²) in [5.41, 5.74) is 7.57. The molecule has 0 bridgehead atoms. The number of aromatic nitrogens is 2. The molecule has 0 saturated heterocycles. The van der Waals surface area contributed by atoms with Crippen molar-refractivity contribution in [2.75, 3.05) is 5.73 Å². The fraction of sp³-hybridized carbons (Fsp3) is 0.800. The molecule has 3 heteroatoms. The van der Waals surface area contributed by atoms with E-state index in [0.717, 1.165) is 30.6 Å². The molecular weight excluding hydrogens is 222 g/mol. The molecule has 2 N–H and O–H groups in total. The highest BCUT2D eigenvalue weighted by Gasteiger charge is 2.28. The third-order valence-electron chi connectivity index (χ3n) is 4.87. The van der Waals surface area contributed by atoms with Gasteiger partial charge in [0.2, 0.25) is 0 Å². The second kappa shape index (κ2) is 4.60. The van der Waals surface area contributed by atoms with Gasteiger partial charge >= 0.3 is 0 Å². The predicted molar refractivity (Wildman–Crippen MR) is 74.5 cm³/mol. The Hall–Kier alpha value is -0.990. The summed E-state index contributed by atoms with van der Waals surface area (Å²) in [6, 6.07) is 0. The van der Waals surface area contributed by atoms with Gasteiger partial charge in [-0.15, -0.1) is 0 Å². The number of imidazole rings is 1. The van der Waals surface area contributed by atoms with Crippen LogP contribution in [0.5, 0.6) is 0 Å². The van der Waals surface area contributed by atoms with E-state index in [9.17, 15) is 0 Å². The minimum atomic E-state index is 0.620. The number of rotatable bonds is 1. The Labute approximate surface area is 110 Å². The zero-order valence-electron chi connectivity index (χ0n) is 11.7. The molecule has 1 aliphatic carbocycles. The van der Waals surface area contributed by atoms with Crippen molar-refractivity contribution < 1.29 is 0 Å². The average molecular weight is 247 g/mol. The van der Waals surface area contributed by atoms with Crippen LogP contribution in [0.3, 0.4) is 0 Å². The van der Waals surface area contributed by atoms with Crippen molar-refractivity contribution in [2.45, 2.75) is 64.8 Å². The van der Waals surface area contributed by atoms with Crippen molar-refractivity contribution >= 4 is 5.82 Å². The number of fused-ring (bicyclic) bond motifs is 1. The summed E-state index contributed by atoms with van der Waals surface area (Å²) >= 11 is 0. The van der Waals surface area contributed by atoms with E-state index in [4.69, 9.17) is 10.7 Å². The molecule has 100 valence electrons. The van der Waals surface area contributed by atoms with Crippen molar-refractivity contribution in [3.8, 4) is 0 Å². The molecule has 1 aliphatic heterocycles. The van der Waals surface area contributed by atoms with Gasteiger partial charge in [0.25, 0.3) is 0 Å². The van der Waals surface area contributed by atoms with E-state index in [1.54, 1.807) is 0 Å². The van der Waals surface area contributed by atoms with Crippen LogP contribution in [0.2, 0.25) is 0 Å². The topological polar surface area (TPSA) is 43.8 Å². The molecule has 3 rings (SSSR count). The summed E-state index contributed by atoms with van der Waals surface area (Å²) in [5, 5.41) is 0. The highest BCUT2D eigenvalue weighted by Crippen LogP contribution is 2.38. The first-order chi connectivity index (χ1) is 8.65. The monoisotopic (exact) mass is 247 g/mol. The Bertz CT molecular complexity index is 427. The highest BCUT2D eigenvalue weighted by molar-refractivity contribution is 5.41. The summed E-state index contributed by atoms with van der Waals surface area (Å²) < 4.78 is 2.28. The van der Waals surface area contributed by atoms with Crippen LogP contribution in [0.4, 0.5) is 5.82 Å². The van der Waals surface area contributed by atoms with Crippen LogP contribution >= 0.6 is 0 Å². The first-order valence-corrected chi connectivity index (χ1v) is 7.50. The van der Waals surface area contributed by atoms with Crippen molar-refractivity contribution in [1.82, 2.24) is 9.55 Å². The van der Waals surface area contributed by atoms with Gasteiger partial charge in [-0.2, -0.15) is 0 Å². The molecule has 0 radical (unpaired) electrons. The standard InChI is InChI=1S/C15H25N3/c1-10-3-6-12(7-4-10)14-15(16)18-9-11(2)5-8-13(18)17-14/h10-12H,3-9,16H2,1-2H3. The number of anilines is 1. The summed E-state index contributed by atoms with van der Waals surface area (Å²) in [6.45, 7) is 5.74. The lowest BCUT2D eigenvalue weighted by Gasteiger charge is -2.25. The molecule has 3 nitrogen and oxygen atoms in total. The Morgan fingerprint density at radius 2 is 1.78 bits per heavy atom. The van der Waals surface area contributed by atoms with E-state index in [1.165, 1.54) is 43.6 Å². The summed E-state index contributed by atoms with van der Waals surface area (Å²) in [5.74, 6) is 4.46. The Balaban J connectivity index is 1.85. The smallest absolute Gasteiger partial charge is 0.127 e. The minimum absolute atomic E-state index is 0.620. The van der Waals surface area contributed by atoms with Crippen LogP contribution in [0.1, 0.15) is 63.4 Å². The lowest BCUT2D eigenvalue weighted by molar-refractivity contribution is 0.345. The van der Waals surface area contributed by atoms with Crippen molar-refractivity contribution in [2.24, 2.45) is 11.8 Å². The number of hydrogen-bond donors (Lipinski definition) is 1. The number of hydrogen-bond acceptors (Lipinski definition) is 2. The third kappa shape index (κ3) is 2.04. The van der Waals surface area contributed by atoms with Crippen molar-refractivity contribution in [3.63, 3.8) is 0 Å². The zero-order valence-corrected chi connectivity index (χ0v) is 11.7. The normalized spacial score (nSPS) is 32.2. The van der Waals surface area contributed by atoms with E-state index in [0.29, 0.717) is 5.92 Å². The number of nitrogens with two attached hydrogens (primary N) is 1. The lowest BCUT2D eigenvalue weighted by Crippen LogP contribution is -2.19. The second-order valence-electron chi connectivity index (χ2n) is 6.51. The number of aryl methyl sites for hydroxylation is 1. The van der Waals surface area contributed by atoms with E-state index in [2.05, 4.69) is 18.4 Å². The molecule has 1 atom stereocenters. The molecule has 0 amide bonds. The van der Waals surface area contributed by atoms with Gasteiger partial charge in [0, 0.05) is 18.9 Å². The van der Waals surface area contributed by atoms with Crippen LogP contribution in [-0.4, -0.2) is 9.55 Å². The van der Waals surface area contributed by atoms with Gasteiger partial charge in [-0.05, 0) is 31.1 Å². The molecule has 1 aromatic heterocycles. The fourth-order valence-electron chi connectivity index (χ4n) is 3.54. The molecule has 1 fully saturated rings. The minimum Gasteiger partial charge on any atom is -0.384 e. The molecule has 1 unspecified atom stereocenters. The summed E-state index contributed by atoms with van der Waals surface area (Å²) in [4.78, 5) is 4.87. The molecule has 0 aromatic carbocycles. The van der Waals surface area contributed by atoms with Gasteiger partial charge in [0.15, 0.2) is 0 Å². The summed E-state index contributed by atoms with van der Waals surface area (Å²) in [7, 11) is 0. The highest BCUT2D eigenvalue weighted by atomic mass is 15.2. The Morgan fingerprint density at radius 1 is 1.06 bits per heavy atom. The first kappa shape index (κ1) is 12.1. The van der Waals surface area contributed by atoms with E-state index in [-0.39, 0.29) is 0 Å². The van der Waals surface area contributed by atoms with Gasteiger partial charge in [-0.25, -0.2) is 4.98 Å². The average Bonchev–Trinajstić information content (AvgIpc) is 2.68. The second-order valence-corrected chi connectivity index (χ2v) is 6.51. The molecule has 2 aliphatic rings. The summed E-state index contributed by atoms with van der Waals surface area (Å²) in [6.07, 6.45) is 7.59. The molecule has 1 aromatic rings. The molecular formula is C15H25N3. The van der Waals surface area contributed by atoms with Crippen LogP contribution in [0, 0.1) is 11.8 Å². The maximum absolute atomic E-state index is 6.35. The first-order valence-electron chi connectivity index (χ1n) is 7.50. The molecule has 18 heavy (non-hydrogen) atoms. The van der Waals surface area contributed by atoms with Gasteiger partial charge < -0.3 is 10.3 Å². The zero-order chi connectivity index (χ0) is 12.7. The van der Waals surface area contributed by atoms with Crippen LogP contribution in [0.25, 0.3) is 0 Å².